The van der Waals surface area contributed by atoms with Gasteiger partial charge in [0.15, 0.2) is 11.5 Å². The van der Waals surface area contributed by atoms with Gasteiger partial charge in [-0.15, -0.1) is 0 Å². The van der Waals surface area contributed by atoms with Crippen molar-refractivity contribution in [3.63, 3.8) is 0 Å². The first-order chi connectivity index (χ1) is 12.6. The van der Waals surface area contributed by atoms with Crippen molar-refractivity contribution in [1.29, 1.82) is 0 Å². The SMILES string of the molecule is O=S(=O)(NCC1CCCN1c1ccccc1)c1ccc2c(c1)OCCO2. The van der Waals surface area contributed by atoms with Gasteiger partial charge in [-0.3, -0.25) is 0 Å². The highest BCUT2D eigenvalue weighted by Crippen LogP contribution is 2.32. The summed E-state index contributed by atoms with van der Waals surface area (Å²) in [7, 11) is -3.60. The zero-order valence-electron chi connectivity index (χ0n) is 14.4. The highest BCUT2D eigenvalue weighted by molar-refractivity contribution is 7.89. The van der Waals surface area contributed by atoms with Crippen LogP contribution in [0.4, 0.5) is 5.69 Å². The molecule has 0 aliphatic carbocycles. The molecule has 0 bridgehead atoms. The number of fused-ring (bicyclic) bond motifs is 1. The maximum atomic E-state index is 12.7. The van der Waals surface area contributed by atoms with Crippen molar-refractivity contribution in [2.75, 3.05) is 31.2 Å². The highest BCUT2D eigenvalue weighted by atomic mass is 32.2. The van der Waals surface area contributed by atoms with Crippen molar-refractivity contribution >= 4 is 15.7 Å². The molecule has 1 saturated heterocycles. The van der Waals surface area contributed by atoms with Gasteiger partial charge in [-0.25, -0.2) is 13.1 Å². The average Bonchev–Trinajstić information content (AvgIpc) is 3.15. The molecule has 0 aromatic heterocycles. The van der Waals surface area contributed by atoms with Gasteiger partial charge in [0.05, 0.1) is 4.90 Å². The van der Waals surface area contributed by atoms with E-state index in [1.165, 1.54) is 6.07 Å². The van der Waals surface area contributed by atoms with Crippen LogP contribution >= 0.6 is 0 Å². The van der Waals surface area contributed by atoms with E-state index in [0.29, 0.717) is 31.3 Å². The fourth-order valence-electron chi connectivity index (χ4n) is 3.49. The number of para-hydroxylation sites is 1. The topological polar surface area (TPSA) is 67.9 Å². The van der Waals surface area contributed by atoms with Crippen molar-refractivity contribution in [2.45, 2.75) is 23.8 Å². The van der Waals surface area contributed by atoms with Crippen molar-refractivity contribution in [3.8, 4) is 11.5 Å². The van der Waals surface area contributed by atoms with Gasteiger partial charge in [0.25, 0.3) is 0 Å². The Morgan fingerprint density at radius 3 is 2.62 bits per heavy atom. The van der Waals surface area contributed by atoms with E-state index in [4.69, 9.17) is 9.47 Å². The Morgan fingerprint density at radius 2 is 1.81 bits per heavy atom. The minimum atomic E-state index is -3.60. The van der Waals surface area contributed by atoms with Crippen LogP contribution in [0, 0.1) is 0 Å². The lowest BCUT2D eigenvalue weighted by Crippen LogP contribution is -2.40. The predicted octanol–water partition coefficient (Wildman–Crippen LogP) is 2.41. The van der Waals surface area contributed by atoms with Gasteiger partial charge in [-0.1, -0.05) is 18.2 Å². The molecule has 1 N–H and O–H groups in total. The van der Waals surface area contributed by atoms with Gasteiger partial charge in [0.2, 0.25) is 10.0 Å². The van der Waals surface area contributed by atoms with Crippen LogP contribution in [0.25, 0.3) is 0 Å². The third-order valence-electron chi connectivity index (χ3n) is 4.80. The van der Waals surface area contributed by atoms with E-state index < -0.39 is 10.0 Å². The van der Waals surface area contributed by atoms with Crippen LogP contribution in [-0.2, 0) is 10.0 Å². The van der Waals surface area contributed by atoms with Gasteiger partial charge in [0, 0.05) is 30.9 Å². The highest BCUT2D eigenvalue weighted by Gasteiger charge is 2.27. The summed E-state index contributed by atoms with van der Waals surface area (Å²) in [6.45, 7) is 2.23. The Hall–Kier alpha value is -2.25. The summed E-state index contributed by atoms with van der Waals surface area (Å²) in [5.74, 6) is 1.06. The van der Waals surface area contributed by atoms with Crippen molar-refractivity contribution < 1.29 is 17.9 Å². The van der Waals surface area contributed by atoms with Gasteiger partial charge >= 0.3 is 0 Å². The van der Waals surface area contributed by atoms with Crippen LogP contribution < -0.4 is 19.1 Å². The van der Waals surface area contributed by atoms with E-state index in [1.807, 2.05) is 18.2 Å². The molecular weight excluding hydrogens is 352 g/mol. The lowest BCUT2D eigenvalue weighted by molar-refractivity contribution is 0.171. The molecule has 4 rings (SSSR count). The second-order valence-corrected chi connectivity index (χ2v) is 8.25. The van der Waals surface area contributed by atoms with Gasteiger partial charge in [-0.05, 0) is 37.1 Å². The van der Waals surface area contributed by atoms with Crippen molar-refractivity contribution in [2.24, 2.45) is 0 Å². The first-order valence-electron chi connectivity index (χ1n) is 8.84. The van der Waals surface area contributed by atoms with E-state index in [9.17, 15) is 8.42 Å². The molecule has 0 amide bonds. The number of hydrogen-bond acceptors (Lipinski definition) is 5. The second-order valence-electron chi connectivity index (χ2n) is 6.48. The van der Waals surface area contributed by atoms with Crippen molar-refractivity contribution in [1.82, 2.24) is 4.72 Å². The number of rotatable bonds is 5. The standard InChI is InChI=1S/C19H22N2O4S/c22-26(23,17-8-9-18-19(13-17)25-12-11-24-18)20-14-16-7-4-10-21(16)15-5-2-1-3-6-15/h1-3,5-6,8-9,13,16,20H,4,7,10-12,14H2. The monoisotopic (exact) mass is 374 g/mol. The molecule has 26 heavy (non-hydrogen) atoms. The summed E-state index contributed by atoms with van der Waals surface area (Å²) in [5.41, 5.74) is 1.13. The Morgan fingerprint density at radius 1 is 1.04 bits per heavy atom. The molecule has 2 aliphatic rings. The Balaban J connectivity index is 1.46. The molecule has 2 aromatic rings. The average molecular weight is 374 g/mol. The molecular formula is C19H22N2O4S. The first kappa shape index (κ1) is 17.2. The van der Waals surface area contributed by atoms with Crippen LogP contribution in [0.15, 0.2) is 53.4 Å². The van der Waals surface area contributed by atoms with E-state index in [0.717, 1.165) is 25.1 Å². The molecule has 2 aromatic carbocycles. The summed E-state index contributed by atoms with van der Waals surface area (Å²) in [5, 5.41) is 0. The third-order valence-corrected chi connectivity index (χ3v) is 6.22. The number of anilines is 1. The number of nitrogens with one attached hydrogen (secondary N) is 1. The fourth-order valence-corrected chi connectivity index (χ4v) is 4.58. The van der Waals surface area contributed by atoms with Crippen LogP contribution in [0.1, 0.15) is 12.8 Å². The summed E-state index contributed by atoms with van der Waals surface area (Å²) in [6, 6.07) is 15.0. The molecule has 1 fully saturated rings. The minimum absolute atomic E-state index is 0.157. The number of sulfonamides is 1. The fraction of sp³-hybridized carbons (Fsp3) is 0.368. The number of ether oxygens (including phenoxy) is 2. The first-order valence-corrected chi connectivity index (χ1v) is 10.3. The summed E-state index contributed by atoms with van der Waals surface area (Å²) >= 11 is 0. The van der Waals surface area contributed by atoms with Gasteiger partial charge in [0.1, 0.15) is 13.2 Å². The van der Waals surface area contributed by atoms with Crippen LogP contribution in [0.2, 0.25) is 0 Å². The van der Waals surface area contributed by atoms with Crippen molar-refractivity contribution in [3.05, 3.63) is 48.5 Å². The van der Waals surface area contributed by atoms with Crippen LogP contribution in [0.3, 0.4) is 0 Å². The number of hydrogen-bond donors (Lipinski definition) is 1. The second kappa shape index (κ2) is 7.17. The molecule has 1 unspecified atom stereocenters. The third kappa shape index (κ3) is 3.50. The molecule has 2 aliphatic heterocycles. The molecule has 0 spiro atoms. The van der Waals surface area contributed by atoms with E-state index >= 15 is 0 Å². The van der Waals surface area contributed by atoms with Gasteiger partial charge in [-0.2, -0.15) is 0 Å². The normalized spacial score (nSPS) is 19.5. The zero-order chi connectivity index (χ0) is 18.0. The lowest BCUT2D eigenvalue weighted by atomic mass is 10.2. The van der Waals surface area contributed by atoms with E-state index in [2.05, 4.69) is 21.8 Å². The summed E-state index contributed by atoms with van der Waals surface area (Å²) in [4.78, 5) is 2.47. The Labute approximate surface area is 153 Å². The molecule has 0 radical (unpaired) electrons. The molecule has 6 nitrogen and oxygen atoms in total. The molecule has 2 heterocycles. The minimum Gasteiger partial charge on any atom is -0.486 e. The van der Waals surface area contributed by atoms with Gasteiger partial charge < -0.3 is 14.4 Å². The Bertz CT molecular complexity index is 870. The maximum Gasteiger partial charge on any atom is 0.240 e. The quantitative estimate of drug-likeness (QED) is 0.870. The zero-order valence-corrected chi connectivity index (χ0v) is 15.2. The summed E-state index contributed by atoms with van der Waals surface area (Å²) < 4.78 is 39.1. The lowest BCUT2D eigenvalue weighted by Gasteiger charge is -2.27. The van der Waals surface area contributed by atoms with E-state index in [-0.39, 0.29) is 10.9 Å². The van der Waals surface area contributed by atoms with Crippen LogP contribution in [0.5, 0.6) is 11.5 Å². The molecule has 0 saturated carbocycles. The smallest absolute Gasteiger partial charge is 0.240 e. The molecule has 7 heteroatoms. The largest absolute Gasteiger partial charge is 0.486 e. The van der Waals surface area contributed by atoms with Crippen LogP contribution in [-0.4, -0.2) is 40.8 Å². The molecule has 1 atom stereocenters. The Kier molecular flexibility index (Phi) is 4.74. The maximum absolute atomic E-state index is 12.7. The molecule has 138 valence electrons. The number of benzene rings is 2. The van der Waals surface area contributed by atoms with E-state index in [1.54, 1.807) is 12.1 Å². The number of nitrogens with zero attached hydrogens (tertiary/aromatic N) is 1. The summed E-state index contributed by atoms with van der Waals surface area (Å²) in [6.07, 6.45) is 2.03. The predicted molar refractivity (Wildman–Crippen MR) is 99.4 cm³/mol.